The molecule has 0 unspecified atom stereocenters. The van der Waals surface area contributed by atoms with Crippen molar-refractivity contribution in [1.29, 1.82) is 0 Å². The molecule has 0 amide bonds. The second kappa shape index (κ2) is 7.09. The Morgan fingerprint density at radius 1 is 1.38 bits per heavy atom. The van der Waals surface area contributed by atoms with Gasteiger partial charge in [-0.15, -0.1) is 0 Å². The van der Waals surface area contributed by atoms with Crippen molar-refractivity contribution >= 4 is 21.8 Å². The summed E-state index contributed by atoms with van der Waals surface area (Å²) in [6.07, 6.45) is 2.03. The molecule has 0 saturated carbocycles. The first kappa shape index (κ1) is 16.7. The molecule has 3 N–H and O–H groups in total. The third-order valence-corrected chi connectivity index (χ3v) is 6.38. The summed E-state index contributed by atoms with van der Waals surface area (Å²) in [6.45, 7) is 2.00. The zero-order chi connectivity index (χ0) is 15.5. The van der Waals surface area contributed by atoms with Gasteiger partial charge in [-0.1, -0.05) is 0 Å². The van der Waals surface area contributed by atoms with Gasteiger partial charge in [-0.2, -0.15) is 11.8 Å². The summed E-state index contributed by atoms with van der Waals surface area (Å²) in [7, 11) is -3.70. The van der Waals surface area contributed by atoms with Crippen LogP contribution in [0.5, 0.6) is 0 Å². The van der Waals surface area contributed by atoms with Gasteiger partial charge in [0.15, 0.2) is 0 Å². The van der Waals surface area contributed by atoms with Gasteiger partial charge in [0.1, 0.15) is 5.82 Å². The number of thioether (sulfide) groups is 1. The van der Waals surface area contributed by atoms with E-state index in [0.29, 0.717) is 18.0 Å². The highest BCUT2D eigenvalue weighted by atomic mass is 32.2. The molecule has 7 heteroatoms. The Bertz CT molecular complexity index is 599. The standard InChI is InChI=1S/C14H21FN2O2S2/c1-10-13(15)6-12(8-16)7-14(10)21(18,19)17-9-11-2-4-20-5-3-11/h6-7,11,17H,2-5,8-9,16H2,1H3. The molecule has 1 heterocycles. The van der Waals surface area contributed by atoms with Gasteiger partial charge in [0.05, 0.1) is 4.90 Å². The Balaban J connectivity index is 2.16. The van der Waals surface area contributed by atoms with Crippen LogP contribution < -0.4 is 10.5 Å². The third kappa shape index (κ3) is 4.18. The predicted octanol–water partition coefficient (Wildman–Crippen LogP) is 2.01. The topological polar surface area (TPSA) is 72.2 Å². The average molecular weight is 332 g/mol. The van der Waals surface area contributed by atoms with Crippen molar-refractivity contribution < 1.29 is 12.8 Å². The number of rotatable bonds is 5. The molecule has 1 saturated heterocycles. The molecule has 0 bridgehead atoms. The maximum atomic E-state index is 13.8. The fourth-order valence-corrected chi connectivity index (χ4v) is 4.98. The lowest BCUT2D eigenvalue weighted by Gasteiger charge is -2.21. The minimum atomic E-state index is -3.70. The molecule has 0 aromatic heterocycles. The average Bonchev–Trinajstić information content (AvgIpc) is 2.48. The van der Waals surface area contributed by atoms with E-state index >= 15 is 0 Å². The van der Waals surface area contributed by atoms with E-state index in [-0.39, 0.29) is 17.0 Å². The van der Waals surface area contributed by atoms with Crippen LogP contribution in [0.15, 0.2) is 17.0 Å². The smallest absolute Gasteiger partial charge is 0.240 e. The van der Waals surface area contributed by atoms with E-state index in [2.05, 4.69) is 4.72 Å². The Labute approximate surface area is 129 Å². The lowest BCUT2D eigenvalue weighted by Crippen LogP contribution is -2.31. The molecule has 118 valence electrons. The monoisotopic (exact) mass is 332 g/mol. The van der Waals surface area contributed by atoms with E-state index in [9.17, 15) is 12.8 Å². The normalized spacial score (nSPS) is 17.1. The molecular formula is C14H21FN2O2S2. The van der Waals surface area contributed by atoms with Crippen molar-refractivity contribution in [3.8, 4) is 0 Å². The van der Waals surface area contributed by atoms with Crippen molar-refractivity contribution in [3.05, 3.63) is 29.1 Å². The molecule has 0 radical (unpaired) electrons. The molecule has 1 fully saturated rings. The van der Waals surface area contributed by atoms with Crippen LogP contribution in [0.4, 0.5) is 4.39 Å². The number of sulfonamides is 1. The molecule has 2 rings (SSSR count). The fraction of sp³-hybridized carbons (Fsp3) is 0.571. The first-order valence-electron chi connectivity index (χ1n) is 7.00. The summed E-state index contributed by atoms with van der Waals surface area (Å²) >= 11 is 1.90. The maximum absolute atomic E-state index is 13.8. The molecule has 1 aliphatic heterocycles. The highest BCUT2D eigenvalue weighted by molar-refractivity contribution is 7.99. The van der Waals surface area contributed by atoms with Gasteiger partial charge in [0.25, 0.3) is 0 Å². The predicted molar refractivity (Wildman–Crippen MR) is 84.3 cm³/mol. The maximum Gasteiger partial charge on any atom is 0.240 e. The van der Waals surface area contributed by atoms with Crippen LogP contribution in [0.2, 0.25) is 0 Å². The number of hydrogen-bond donors (Lipinski definition) is 2. The molecule has 1 aromatic carbocycles. The van der Waals surface area contributed by atoms with Crippen molar-refractivity contribution in [3.63, 3.8) is 0 Å². The highest BCUT2D eigenvalue weighted by Gasteiger charge is 2.22. The molecule has 0 atom stereocenters. The summed E-state index contributed by atoms with van der Waals surface area (Å²) in [6, 6.07) is 2.74. The number of halogens is 1. The molecule has 1 aromatic rings. The first-order chi connectivity index (χ1) is 9.94. The van der Waals surface area contributed by atoms with Crippen LogP contribution in [0.25, 0.3) is 0 Å². The summed E-state index contributed by atoms with van der Waals surface area (Å²) in [5.74, 6) is 1.97. The molecule has 0 aliphatic carbocycles. The van der Waals surface area contributed by atoms with Gasteiger partial charge in [-0.3, -0.25) is 0 Å². The van der Waals surface area contributed by atoms with Crippen molar-refractivity contribution in [2.75, 3.05) is 18.1 Å². The van der Waals surface area contributed by atoms with Crippen molar-refractivity contribution in [2.45, 2.75) is 31.2 Å². The van der Waals surface area contributed by atoms with Crippen LogP contribution in [0, 0.1) is 18.7 Å². The molecule has 4 nitrogen and oxygen atoms in total. The van der Waals surface area contributed by atoms with Crippen LogP contribution in [0.3, 0.4) is 0 Å². The minimum Gasteiger partial charge on any atom is -0.326 e. The number of nitrogens with two attached hydrogens (primary N) is 1. The van der Waals surface area contributed by atoms with Gasteiger partial charge in [0.2, 0.25) is 10.0 Å². The van der Waals surface area contributed by atoms with Crippen molar-refractivity contribution in [2.24, 2.45) is 11.7 Å². The largest absolute Gasteiger partial charge is 0.326 e. The van der Waals surface area contributed by atoms with E-state index in [0.717, 1.165) is 24.3 Å². The van der Waals surface area contributed by atoms with E-state index < -0.39 is 15.8 Å². The molecular weight excluding hydrogens is 311 g/mol. The second-order valence-electron chi connectivity index (χ2n) is 5.31. The van der Waals surface area contributed by atoms with E-state index in [1.807, 2.05) is 11.8 Å². The lowest BCUT2D eigenvalue weighted by atomic mass is 10.0. The van der Waals surface area contributed by atoms with Crippen LogP contribution in [-0.4, -0.2) is 26.5 Å². The van der Waals surface area contributed by atoms with Crippen molar-refractivity contribution in [1.82, 2.24) is 4.72 Å². The quantitative estimate of drug-likeness (QED) is 0.865. The van der Waals surface area contributed by atoms with Crippen LogP contribution >= 0.6 is 11.8 Å². The van der Waals surface area contributed by atoms with Gasteiger partial charge >= 0.3 is 0 Å². The summed E-state index contributed by atoms with van der Waals surface area (Å²) in [5.41, 5.74) is 6.10. The fourth-order valence-electron chi connectivity index (χ4n) is 2.36. The Hall–Kier alpha value is -0.630. The van der Waals surface area contributed by atoms with E-state index in [4.69, 9.17) is 5.73 Å². The number of nitrogens with one attached hydrogen (secondary N) is 1. The highest BCUT2D eigenvalue weighted by Crippen LogP contribution is 2.24. The van der Waals surface area contributed by atoms with E-state index in [1.165, 1.54) is 19.1 Å². The molecule has 0 spiro atoms. The van der Waals surface area contributed by atoms with Gasteiger partial charge in [-0.25, -0.2) is 17.5 Å². The van der Waals surface area contributed by atoms with Crippen LogP contribution in [0.1, 0.15) is 24.0 Å². The van der Waals surface area contributed by atoms with Gasteiger partial charge in [-0.05, 0) is 54.9 Å². The number of hydrogen-bond acceptors (Lipinski definition) is 4. The summed E-state index contributed by atoms with van der Waals surface area (Å²) in [5, 5.41) is 0. The zero-order valence-electron chi connectivity index (χ0n) is 12.1. The zero-order valence-corrected chi connectivity index (χ0v) is 13.7. The Morgan fingerprint density at radius 3 is 2.67 bits per heavy atom. The Morgan fingerprint density at radius 2 is 2.05 bits per heavy atom. The second-order valence-corrected chi connectivity index (χ2v) is 8.27. The number of benzene rings is 1. The van der Waals surface area contributed by atoms with E-state index in [1.54, 1.807) is 0 Å². The summed E-state index contributed by atoms with van der Waals surface area (Å²) < 4.78 is 41.2. The van der Waals surface area contributed by atoms with Gasteiger partial charge in [0, 0.05) is 18.7 Å². The third-order valence-electron chi connectivity index (χ3n) is 3.78. The summed E-state index contributed by atoms with van der Waals surface area (Å²) in [4.78, 5) is -0.00636. The minimum absolute atomic E-state index is 0.00636. The molecule has 21 heavy (non-hydrogen) atoms. The first-order valence-corrected chi connectivity index (χ1v) is 9.64. The van der Waals surface area contributed by atoms with Gasteiger partial charge < -0.3 is 5.73 Å². The molecule has 1 aliphatic rings. The SMILES string of the molecule is Cc1c(F)cc(CN)cc1S(=O)(=O)NCC1CCSCC1. The lowest BCUT2D eigenvalue weighted by molar-refractivity contribution is 0.476. The van der Waals surface area contributed by atoms with Crippen LogP contribution in [-0.2, 0) is 16.6 Å². The Kier molecular flexibility index (Phi) is 5.65.